The van der Waals surface area contributed by atoms with Crippen LogP contribution in [0.2, 0.25) is 0 Å². The van der Waals surface area contributed by atoms with Gasteiger partial charge in [0.25, 0.3) is 0 Å². The van der Waals surface area contributed by atoms with E-state index in [0.29, 0.717) is 5.56 Å². The molecule has 0 atom stereocenters. The molecule has 0 saturated carbocycles. The molecule has 0 unspecified atom stereocenters. The summed E-state index contributed by atoms with van der Waals surface area (Å²) in [6.45, 7) is 0. The van der Waals surface area contributed by atoms with Crippen LogP contribution in [-0.2, 0) is 12.6 Å². The van der Waals surface area contributed by atoms with Crippen LogP contribution in [0.3, 0.4) is 0 Å². The fourth-order valence-electron chi connectivity index (χ4n) is 2.50. The van der Waals surface area contributed by atoms with Crippen LogP contribution in [0.4, 0.5) is 13.2 Å². The summed E-state index contributed by atoms with van der Waals surface area (Å²) in [5, 5.41) is 0. The van der Waals surface area contributed by atoms with E-state index < -0.39 is 11.9 Å². The summed E-state index contributed by atoms with van der Waals surface area (Å²) < 4.78 is 38.2. The number of fused-ring (bicyclic) bond motifs is 1. The molecule has 1 aromatic carbocycles. The molecule has 0 radical (unpaired) electrons. The van der Waals surface area contributed by atoms with Gasteiger partial charge in [-0.2, -0.15) is 13.2 Å². The molecule has 0 amide bonds. The molecule has 0 aliphatic heterocycles. The lowest BCUT2D eigenvalue weighted by Gasteiger charge is -2.16. The van der Waals surface area contributed by atoms with Crippen LogP contribution in [0.25, 0.3) is 17.2 Å². The van der Waals surface area contributed by atoms with E-state index in [-0.39, 0.29) is 0 Å². The zero-order valence-corrected chi connectivity index (χ0v) is 10.6. The van der Waals surface area contributed by atoms with Gasteiger partial charge in [-0.25, -0.2) is 0 Å². The van der Waals surface area contributed by atoms with Crippen molar-refractivity contribution < 1.29 is 13.2 Å². The molecule has 0 spiro atoms. The number of aromatic nitrogens is 1. The number of rotatable bonds is 1. The average molecular weight is 275 g/mol. The molecule has 1 nitrogen and oxygen atoms in total. The van der Waals surface area contributed by atoms with Gasteiger partial charge in [0, 0.05) is 6.20 Å². The lowest BCUT2D eigenvalue weighted by Crippen LogP contribution is -2.08. The Balaban J connectivity index is 2.13. The SMILES string of the molecule is FC(F)(F)c1cc(-c2cccc3c2CCC=C3)ccn1. The summed E-state index contributed by atoms with van der Waals surface area (Å²) in [7, 11) is 0. The lowest BCUT2D eigenvalue weighted by molar-refractivity contribution is -0.141. The molecule has 0 N–H and O–H groups in total. The van der Waals surface area contributed by atoms with Crippen LogP contribution in [0.15, 0.2) is 42.6 Å². The first-order valence-corrected chi connectivity index (χ1v) is 6.38. The standard InChI is InChI=1S/C16H12F3N/c17-16(18,19)15-10-12(8-9-20-15)14-7-3-5-11-4-1-2-6-13(11)14/h1,3-5,7-10H,2,6H2. The van der Waals surface area contributed by atoms with Crippen molar-refractivity contribution in [1.29, 1.82) is 0 Å². The van der Waals surface area contributed by atoms with Gasteiger partial charge >= 0.3 is 6.18 Å². The first kappa shape index (κ1) is 12.9. The zero-order valence-electron chi connectivity index (χ0n) is 10.6. The molecule has 102 valence electrons. The highest BCUT2D eigenvalue weighted by molar-refractivity contribution is 5.73. The molecule has 1 aliphatic rings. The maximum Gasteiger partial charge on any atom is 0.433 e. The molecular formula is C16H12F3N. The van der Waals surface area contributed by atoms with Crippen molar-refractivity contribution in [3.8, 4) is 11.1 Å². The van der Waals surface area contributed by atoms with E-state index in [2.05, 4.69) is 11.1 Å². The molecule has 0 saturated heterocycles. The highest BCUT2D eigenvalue weighted by Crippen LogP contribution is 2.34. The van der Waals surface area contributed by atoms with Crippen LogP contribution in [0.5, 0.6) is 0 Å². The summed E-state index contributed by atoms with van der Waals surface area (Å²) in [4.78, 5) is 3.41. The number of pyridine rings is 1. The fourth-order valence-corrected chi connectivity index (χ4v) is 2.50. The Labute approximate surface area is 114 Å². The summed E-state index contributed by atoms with van der Waals surface area (Å²) in [6, 6.07) is 8.47. The molecule has 3 rings (SSSR count). The minimum Gasteiger partial charge on any atom is -0.252 e. The van der Waals surface area contributed by atoms with Gasteiger partial charge in [-0.3, -0.25) is 4.98 Å². The number of allylic oxidation sites excluding steroid dienone is 1. The van der Waals surface area contributed by atoms with Gasteiger partial charge in [-0.1, -0.05) is 30.4 Å². The van der Waals surface area contributed by atoms with Crippen LogP contribution in [0, 0.1) is 0 Å². The van der Waals surface area contributed by atoms with Gasteiger partial charge < -0.3 is 0 Å². The predicted octanol–water partition coefficient (Wildman–Crippen LogP) is 4.73. The Morgan fingerprint density at radius 1 is 1.10 bits per heavy atom. The van der Waals surface area contributed by atoms with Crippen molar-refractivity contribution in [3.05, 3.63) is 59.4 Å². The normalized spacial score (nSPS) is 14.2. The quantitative estimate of drug-likeness (QED) is 0.733. The smallest absolute Gasteiger partial charge is 0.252 e. The minimum absolute atomic E-state index is 0.569. The largest absolute Gasteiger partial charge is 0.433 e. The van der Waals surface area contributed by atoms with E-state index in [4.69, 9.17) is 0 Å². The van der Waals surface area contributed by atoms with E-state index in [1.807, 2.05) is 24.3 Å². The summed E-state index contributed by atoms with van der Waals surface area (Å²) in [5.41, 5.74) is 2.77. The van der Waals surface area contributed by atoms with Crippen LogP contribution < -0.4 is 0 Å². The number of alkyl halides is 3. The number of halogens is 3. The second-order valence-corrected chi connectivity index (χ2v) is 4.74. The van der Waals surface area contributed by atoms with Crippen molar-refractivity contribution in [2.24, 2.45) is 0 Å². The second kappa shape index (κ2) is 4.78. The van der Waals surface area contributed by atoms with Gasteiger partial charge in [-0.15, -0.1) is 0 Å². The Morgan fingerprint density at radius 2 is 1.95 bits per heavy atom. The molecule has 0 bridgehead atoms. The monoisotopic (exact) mass is 275 g/mol. The Hall–Kier alpha value is -2.10. The Kier molecular flexibility index (Phi) is 3.08. The molecule has 1 heterocycles. The van der Waals surface area contributed by atoms with Crippen LogP contribution in [0.1, 0.15) is 23.2 Å². The van der Waals surface area contributed by atoms with E-state index in [9.17, 15) is 13.2 Å². The Bertz CT molecular complexity index is 672. The van der Waals surface area contributed by atoms with Crippen molar-refractivity contribution in [1.82, 2.24) is 4.98 Å². The van der Waals surface area contributed by atoms with Gasteiger partial charge in [0.2, 0.25) is 0 Å². The number of nitrogens with zero attached hydrogens (tertiary/aromatic N) is 1. The third-order valence-corrected chi connectivity index (χ3v) is 3.43. The molecule has 4 heteroatoms. The first-order chi connectivity index (χ1) is 9.55. The Morgan fingerprint density at radius 3 is 2.75 bits per heavy atom. The predicted molar refractivity (Wildman–Crippen MR) is 72.0 cm³/mol. The maximum absolute atomic E-state index is 12.7. The molecule has 2 aromatic rings. The lowest BCUT2D eigenvalue weighted by atomic mass is 9.89. The van der Waals surface area contributed by atoms with Crippen molar-refractivity contribution in [3.63, 3.8) is 0 Å². The number of benzene rings is 1. The third kappa shape index (κ3) is 2.33. The van der Waals surface area contributed by atoms with Crippen molar-refractivity contribution >= 4 is 6.08 Å². The van der Waals surface area contributed by atoms with Gasteiger partial charge in [0.15, 0.2) is 0 Å². The highest BCUT2D eigenvalue weighted by atomic mass is 19.4. The summed E-state index contributed by atoms with van der Waals surface area (Å²) in [5.74, 6) is 0. The van der Waals surface area contributed by atoms with E-state index >= 15 is 0 Å². The van der Waals surface area contributed by atoms with E-state index in [1.54, 1.807) is 6.07 Å². The summed E-state index contributed by atoms with van der Waals surface area (Å²) in [6.07, 6.45) is 2.68. The number of hydrogen-bond donors (Lipinski definition) is 0. The van der Waals surface area contributed by atoms with E-state index in [0.717, 1.165) is 35.6 Å². The van der Waals surface area contributed by atoms with Gasteiger partial charge in [0.1, 0.15) is 5.69 Å². The van der Waals surface area contributed by atoms with Crippen molar-refractivity contribution in [2.45, 2.75) is 19.0 Å². The van der Waals surface area contributed by atoms with Gasteiger partial charge in [-0.05, 0) is 47.2 Å². The molecular weight excluding hydrogens is 263 g/mol. The average Bonchev–Trinajstić information content (AvgIpc) is 2.46. The van der Waals surface area contributed by atoms with Gasteiger partial charge in [0.05, 0.1) is 0 Å². The molecule has 20 heavy (non-hydrogen) atoms. The third-order valence-electron chi connectivity index (χ3n) is 3.43. The molecule has 1 aliphatic carbocycles. The maximum atomic E-state index is 12.7. The first-order valence-electron chi connectivity index (χ1n) is 6.38. The highest BCUT2D eigenvalue weighted by Gasteiger charge is 2.32. The zero-order chi connectivity index (χ0) is 14.2. The second-order valence-electron chi connectivity index (χ2n) is 4.74. The van der Waals surface area contributed by atoms with Crippen LogP contribution in [-0.4, -0.2) is 4.98 Å². The molecule has 1 aromatic heterocycles. The summed E-state index contributed by atoms with van der Waals surface area (Å²) >= 11 is 0. The number of hydrogen-bond acceptors (Lipinski definition) is 1. The van der Waals surface area contributed by atoms with Crippen molar-refractivity contribution in [2.75, 3.05) is 0 Å². The van der Waals surface area contributed by atoms with Crippen LogP contribution >= 0.6 is 0 Å². The fraction of sp³-hybridized carbons (Fsp3) is 0.188. The minimum atomic E-state index is -4.41. The van der Waals surface area contributed by atoms with E-state index in [1.165, 1.54) is 6.20 Å². The topological polar surface area (TPSA) is 12.9 Å². The molecule has 0 fully saturated rings.